The molecule has 1 aromatic rings. The largest absolute Gasteiger partial charge is 0.495 e. The molecule has 1 heterocycles. The summed E-state index contributed by atoms with van der Waals surface area (Å²) in [4.78, 5) is 9.96. The molecular formula is C12H17N3O6S. The van der Waals surface area contributed by atoms with Crippen LogP contribution in [0.1, 0.15) is 0 Å². The maximum absolute atomic E-state index is 12.3. The van der Waals surface area contributed by atoms with Crippen LogP contribution in [0, 0.1) is 10.1 Å². The van der Waals surface area contributed by atoms with E-state index in [9.17, 15) is 18.5 Å². The normalized spacial score (nSPS) is 18.9. The summed E-state index contributed by atoms with van der Waals surface area (Å²) in [6.45, 7) is 1.92. The predicted octanol–water partition coefficient (Wildman–Crippen LogP) is -0.130. The van der Waals surface area contributed by atoms with Gasteiger partial charge in [-0.3, -0.25) is 10.1 Å². The molecule has 1 aliphatic heterocycles. The molecule has 1 aromatic carbocycles. The molecule has 0 saturated carbocycles. The van der Waals surface area contributed by atoms with Gasteiger partial charge in [0.15, 0.2) is 0 Å². The number of nitrogens with one attached hydrogen (secondary N) is 2. The van der Waals surface area contributed by atoms with Gasteiger partial charge in [0.25, 0.3) is 5.69 Å². The Hall–Kier alpha value is -1.75. The summed E-state index contributed by atoms with van der Waals surface area (Å²) in [6.07, 6.45) is -0.257. The molecule has 0 spiro atoms. The lowest BCUT2D eigenvalue weighted by atomic mass is 10.3. The standard InChI is InChI=1S/C12H17N3O6S/c1-20-11-6-9(15(16)17)2-3-12(11)22(18,19)14-8-10-7-13-4-5-21-10/h2-3,6,10,13-14H,4-5,7-8H2,1H3. The van der Waals surface area contributed by atoms with E-state index in [0.717, 1.165) is 24.7 Å². The molecule has 1 atom stereocenters. The zero-order valence-electron chi connectivity index (χ0n) is 11.9. The zero-order chi connectivity index (χ0) is 16.2. The number of ether oxygens (including phenoxy) is 2. The monoisotopic (exact) mass is 331 g/mol. The van der Waals surface area contributed by atoms with Gasteiger partial charge in [-0.05, 0) is 6.07 Å². The molecule has 0 aromatic heterocycles. The maximum Gasteiger partial charge on any atom is 0.273 e. The van der Waals surface area contributed by atoms with Crippen LogP contribution in [-0.2, 0) is 14.8 Å². The number of benzene rings is 1. The van der Waals surface area contributed by atoms with E-state index in [0.29, 0.717) is 13.2 Å². The molecule has 122 valence electrons. The number of hydrogen-bond donors (Lipinski definition) is 2. The van der Waals surface area contributed by atoms with Crippen molar-refractivity contribution in [2.45, 2.75) is 11.0 Å². The van der Waals surface area contributed by atoms with E-state index in [4.69, 9.17) is 9.47 Å². The molecule has 0 amide bonds. The average molecular weight is 331 g/mol. The van der Waals surface area contributed by atoms with Crippen LogP contribution < -0.4 is 14.8 Å². The summed E-state index contributed by atoms with van der Waals surface area (Å²) in [5.74, 6) is -0.0793. The third-order valence-electron chi connectivity index (χ3n) is 3.15. The highest BCUT2D eigenvalue weighted by Crippen LogP contribution is 2.28. The SMILES string of the molecule is COc1cc([N+](=O)[O-])ccc1S(=O)(=O)NCC1CNCCO1. The number of rotatable bonds is 6. The van der Waals surface area contributed by atoms with Crippen LogP contribution in [0.15, 0.2) is 23.1 Å². The minimum Gasteiger partial charge on any atom is -0.495 e. The fourth-order valence-corrected chi connectivity index (χ4v) is 3.24. The van der Waals surface area contributed by atoms with Gasteiger partial charge < -0.3 is 14.8 Å². The van der Waals surface area contributed by atoms with Crippen LogP contribution in [0.2, 0.25) is 0 Å². The van der Waals surface area contributed by atoms with E-state index in [2.05, 4.69) is 10.0 Å². The molecular weight excluding hydrogens is 314 g/mol. The first-order valence-electron chi connectivity index (χ1n) is 6.58. The van der Waals surface area contributed by atoms with Gasteiger partial charge in [0.05, 0.1) is 30.8 Å². The highest BCUT2D eigenvalue weighted by atomic mass is 32.2. The van der Waals surface area contributed by atoms with Crippen LogP contribution in [0.3, 0.4) is 0 Å². The van der Waals surface area contributed by atoms with Crippen molar-refractivity contribution in [2.75, 3.05) is 33.4 Å². The summed E-state index contributed by atoms with van der Waals surface area (Å²) in [5.41, 5.74) is -0.240. The Morgan fingerprint density at radius 3 is 2.91 bits per heavy atom. The fraction of sp³-hybridized carbons (Fsp3) is 0.500. The van der Waals surface area contributed by atoms with Crippen LogP contribution in [0.25, 0.3) is 0 Å². The lowest BCUT2D eigenvalue weighted by Crippen LogP contribution is -2.45. The number of nitro benzene ring substituents is 1. The van der Waals surface area contributed by atoms with E-state index in [1.165, 1.54) is 7.11 Å². The molecule has 0 aliphatic carbocycles. The second-order valence-corrected chi connectivity index (χ2v) is 6.38. The Kier molecular flexibility index (Phi) is 5.29. The van der Waals surface area contributed by atoms with E-state index in [1.54, 1.807) is 0 Å². The molecule has 0 radical (unpaired) electrons. The topological polar surface area (TPSA) is 120 Å². The first kappa shape index (κ1) is 16.6. The Morgan fingerprint density at radius 1 is 1.55 bits per heavy atom. The first-order chi connectivity index (χ1) is 10.4. The van der Waals surface area contributed by atoms with Gasteiger partial charge in [-0.15, -0.1) is 0 Å². The lowest BCUT2D eigenvalue weighted by molar-refractivity contribution is -0.385. The highest BCUT2D eigenvalue weighted by Gasteiger charge is 2.24. The van der Waals surface area contributed by atoms with Crippen LogP contribution >= 0.6 is 0 Å². The van der Waals surface area contributed by atoms with Crippen molar-refractivity contribution in [3.8, 4) is 5.75 Å². The molecule has 1 saturated heterocycles. The number of hydrogen-bond acceptors (Lipinski definition) is 7. The number of methoxy groups -OCH3 is 1. The average Bonchev–Trinajstić information content (AvgIpc) is 2.53. The predicted molar refractivity (Wildman–Crippen MR) is 77.4 cm³/mol. The third kappa shape index (κ3) is 3.91. The molecule has 0 bridgehead atoms. The second-order valence-electron chi connectivity index (χ2n) is 4.64. The van der Waals surface area contributed by atoms with Crippen molar-refractivity contribution in [3.05, 3.63) is 28.3 Å². The van der Waals surface area contributed by atoms with Crippen molar-refractivity contribution in [1.29, 1.82) is 0 Å². The summed E-state index contributed by atoms with van der Waals surface area (Å²) >= 11 is 0. The number of morpholine rings is 1. The Morgan fingerprint density at radius 2 is 2.32 bits per heavy atom. The van der Waals surface area contributed by atoms with E-state index in [-0.39, 0.29) is 29.0 Å². The van der Waals surface area contributed by atoms with Crippen molar-refractivity contribution in [2.24, 2.45) is 0 Å². The molecule has 1 fully saturated rings. The smallest absolute Gasteiger partial charge is 0.273 e. The summed E-state index contributed by atoms with van der Waals surface area (Å²) < 4.78 is 37.4. The third-order valence-corrected chi connectivity index (χ3v) is 4.62. The Balaban J connectivity index is 2.15. The van der Waals surface area contributed by atoms with E-state index in [1.807, 2.05) is 0 Å². The molecule has 22 heavy (non-hydrogen) atoms. The second kappa shape index (κ2) is 7.01. The van der Waals surface area contributed by atoms with E-state index >= 15 is 0 Å². The molecule has 2 N–H and O–H groups in total. The van der Waals surface area contributed by atoms with Gasteiger partial charge in [0.1, 0.15) is 10.6 Å². The zero-order valence-corrected chi connectivity index (χ0v) is 12.8. The molecule has 9 nitrogen and oxygen atoms in total. The lowest BCUT2D eigenvalue weighted by Gasteiger charge is -2.23. The summed E-state index contributed by atoms with van der Waals surface area (Å²) in [6, 6.07) is 3.35. The first-order valence-corrected chi connectivity index (χ1v) is 8.07. The van der Waals surface area contributed by atoms with Gasteiger partial charge in [0, 0.05) is 25.7 Å². The van der Waals surface area contributed by atoms with Crippen LogP contribution in [0.5, 0.6) is 5.75 Å². The van der Waals surface area contributed by atoms with Gasteiger partial charge in [0.2, 0.25) is 10.0 Å². The molecule has 1 aliphatic rings. The van der Waals surface area contributed by atoms with Crippen molar-refractivity contribution >= 4 is 15.7 Å². The molecule has 1 unspecified atom stereocenters. The van der Waals surface area contributed by atoms with Crippen molar-refractivity contribution in [3.63, 3.8) is 0 Å². The summed E-state index contributed by atoms with van der Waals surface area (Å²) in [7, 11) is -2.59. The maximum atomic E-state index is 12.3. The fourth-order valence-electron chi connectivity index (χ4n) is 2.02. The number of nitro groups is 1. The Labute approximate surface area is 127 Å². The minimum absolute atomic E-state index is 0.0793. The van der Waals surface area contributed by atoms with Crippen LogP contribution in [-0.4, -0.2) is 52.8 Å². The molecule has 10 heteroatoms. The van der Waals surface area contributed by atoms with Gasteiger partial charge >= 0.3 is 0 Å². The molecule has 2 rings (SSSR count). The highest BCUT2D eigenvalue weighted by molar-refractivity contribution is 7.89. The summed E-state index contributed by atoms with van der Waals surface area (Å²) in [5, 5.41) is 13.8. The van der Waals surface area contributed by atoms with Crippen molar-refractivity contribution in [1.82, 2.24) is 10.0 Å². The quantitative estimate of drug-likeness (QED) is 0.550. The Bertz CT molecular complexity index is 642. The van der Waals surface area contributed by atoms with Gasteiger partial charge in [-0.2, -0.15) is 0 Å². The van der Waals surface area contributed by atoms with Crippen molar-refractivity contribution < 1.29 is 22.8 Å². The van der Waals surface area contributed by atoms with E-state index < -0.39 is 14.9 Å². The minimum atomic E-state index is -3.85. The van der Waals surface area contributed by atoms with Gasteiger partial charge in [-0.1, -0.05) is 0 Å². The van der Waals surface area contributed by atoms with Gasteiger partial charge in [-0.25, -0.2) is 13.1 Å². The number of sulfonamides is 1. The number of non-ortho nitro benzene ring substituents is 1. The van der Waals surface area contributed by atoms with Crippen LogP contribution in [0.4, 0.5) is 5.69 Å². The number of nitrogens with zero attached hydrogens (tertiary/aromatic N) is 1.